The van der Waals surface area contributed by atoms with Gasteiger partial charge in [0, 0.05) is 50.9 Å². The van der Waals surface area contributed by atoms with E-state index in [0.717, 1.165) is 19.4 Å². The lowest BCUT2D eigenvalue weighted by Gasteiger charge is -2.49. The van der Waals surface area contributed by atoms with Crippen molar-refractivity contribution in [3.05, 3.63) is 25.0 Å². The standard InChI is InChI=1S/C17H26N6O2/c1-3-8-21-9-6-17(5-4-15(21)24)14-22(12-11-20(17)2)16(25)13-23-10-7-18-19-23/h3,7,10H,1,4-6,8-9,11-14H2,2H3. The Morgan fingerprint density at radius 1 is 1.36 bits per heavy atom. The number of nitrogens with zero attached hydrogens (tertiary/aromatic N) is 6. The molecule has 0 aromatic carbocycles. The molecule has 25 heavy (non-hydrogen) atoms. The van der Waals surface area contributed by atoms with Crippen LogP contribution in [0.15, 0.2) is 25.0 Å². The van der Waals surface area contributed by atoms with Crippen molar-refractivity contribution in [1.29, 1.82) is 0 Å². The minimum absolute atomic E-state index is 0.0523. The van der Waals surface area contributed by atoms with E-state index in [4.69, 9.17) is 0 Å². The molecule has 0 radical (unpaired) electrons. The summed E-state index contributed by atoms with van der Waals surface area (Å²) < 4.78 is 1.55. The summed E-state index contributed by atoms with van der Waals surface area (Å²) in [4.78, 5) is 31.1. The fraction of sp³-hybridized carbons (Fsp3) is 0.647. The average Bonchev–Trinajstić information content (AvgIpc) is 3.06. The fourth-order valence-electron chi connectivity index (χ4n) is 3.81. The summed E-state index contributed by atoms with van der Waals surface area (Å²) in [6, 6.07) is 0. The maximum absolute atomic E-state index is 12.6. The normalized spacial score (nSPS) is 25.2. The van der Waals surface area contributed by atoms with Crippen molar-refractivity contribution >= 4 is 11.8 Å². The monoisotopic (exact) mass is 346 g/mol. The molecule has 1 aromatic heterocycles. The number of aromatic nitrogens is 3. The van der Waals surface area contributed by atoms with E-state index >= 15 is 0 Å². The lowest BCUT2D eigenvalue weighted by molar-refractivity contribution is -0.137. The molecule has 8 heteroatoms. The van der Waals surface area contributed by atoms with Gasteiger partial charge in [0.1, 0.15) is 6.54 Å². The zero-order valence-electron chi connectivity index (χ0n) is 14.8. The summed E-state index contributed by atoms with van der Waals surface area (Å²) in [6.45, 7) is 7.43. The molecule has 2 aliphatic rings. The van der Waals surface area contributed by atoms with Crippen molar-refractivity contribution in [2.75, 3.05) is 39.8 Å². The van der Waals surface area contributed by atoms with Crippen molar-refractivity contribution in [2.45, 2.75) is 31.3 Å². The topological polar surface area (TPSA) is 74.6 Å². The van der Waals surface area contributed by atoms with Gasteiger partial charge in [-0.2, -0.15) is 0 Å². The lowest BCUT2D eigenvalue weighted by Crippen LogP contribution is -2.62. The Kier molecular flexibility index (Phi) is 5.17. The first kappa shape index (κ1) is 17.6. The van der Waals surface area contributed by atoms with E-state index in [-0.39, 0.29) is 23.9 Å². The summed E-state index contributed by atoms with van der Waals surface area (Å²) in [5, 5.41) is 7.62. The molecule has 2 fully saturated rings. The maximum Gasteiger partial charge on any atom is 0.244 e. The molecule has 136 valence electrons. The summed E-state index contributed by atoms with van der Waals surface area (Å²) >= 11 is 0. The zero-order chi connectivity index (χ0) is 17.9. The van der Waals surface area contributed by atoms with Gasteiger partial charge in [-0.1, -0.05) is 11.3 Å². The number of hydrogen-bond acceptors (Lipinski definition) is 5. The quantitative estimate of drug-likeness (QED) is 0.717. The molecule has 0 saturated carbocycles. The second-order valence-corrected chi connectivity index (χ2v) is 6.94. The Balaban J connectivity index is 1.70. The molecular weight excluding hydrogens is 320 g/mol. The SMILES string of the molecule is C=CCN1CCC2(CCC1=O)CN(C(=O)Cn1ccnn1)CCN2C. The van der Waals surface area contributed by atoms with Crippen LogP contribution in [0.1, 0.15) is 19.3 Å². The number of rotatable bonds is 4. The number of amides is 2. The van der Waals surface area contributed by atoms with Crippen LogP contribution in [-0.4, -0.2) is 86.8 Å². The van der Waals surface area contributed by atoms with Gasteiger partial charge in [0.15, 0.2) is 0 Å². The summed E-state index contributed by atoms with van der Waals surface area (Å²) in [7, 11) is 2.10. The minimum Gasteiger partial charge on any atom is -0.339 e. The van der Waals surface area contributed by atoms with Gasteiger partial charge in [-0.3, -0.25) is 14.5 Å². The van der Waals surface area contributed by atoms with Crippen LogP contribution in [0.2, 0.25) is 0 Å². The Labute approximate surface area is 148 Å². The Bertz CT molecular complexity index is 631. The van der Waals surface area contributed by atoms with Crippen molar-refractivity contribution < 1.29 is 9.59 Å². The second kappa shape index (κ2) is 7.35. The predicted octanol–water partition coefficient (Wildman–Crippen LogP) is -0.0106. The minimum atomic E-state index is -0.137. The van der Waals surface area contributed by atoms with Gasteiger partial charge in [-0.25, -0.2) is 4.68 Å². The number of carbonyl (C=O) groups is 2. The molecule has 0 aliphatic carbocycles. The predicted molar refractivity (Wildman–Crippen MR) is 92.6 cm³/mol. The first-order chi connectivity index (χ1) is 12.0. The number of likely N-dealkylation sites (N-methyl/N-ethyl adjacent to an activating group) is 1. The van der Waals surface area contributed by atoms with Crippen LogP contribution in [-0.2, 0) is 16.1 Å². The van der Waals surface area contributed by atoms with Gasteiger partial charge in [0.2, 0.25) is 11.8 Å². The van der Waals surface area contributed by atoms with E-state index in [1.807, 2.05) is 9.80 Å². The number of carbonyl (C=O) groups excluding carboxylic acids is 2. The molecule has 1 atom stereocenters. The molecule has 1 spiro atoms. The van der Waals surface area contributed by atoms with Gasteiger partial charge in [0.05, 0.1) is 6.20 Å². The summed E-state index contributed by atoms with van der Waals surface area (Å²) in [5.74, 6) is 0.229. The van der Waals surface area contributed by atoms with Gasteiger partial charge < -0.3 is 9.80 Å². The van der Waals surface area contributed by atoms with Crippen molar-refractivity contribution in [2.24, 2.45) is 0 Å². The second-order valence-electron chi connectivity index (χ2n) is 6.94. The van der Waals surface area contributed by atoms with Gasteiger partial charge in [-0.05, 0) is 19.9 Å². The van der Waals surface area contributed by atoms with Crippen molar-refractivity contribution in [1.82, 2.24) is 29.7 Å². The molecule has 3 rings (SSSR count). The van der Waals surface area contributed by atoms with E-state index in [0.29, 0.717) is 32.6 Å². The molecule has 1 unspecified atom stereocenters. The van der Waals surface area contributed by atoms with Crippen LogP contribution < -0.4 is 0 Å². The van der Waals surface area contributed by atoms with E-state index in [1.165, 1.54) is 0 Å². The molecule has 8 nitrogen and oxygen atoms in total. The molecule has 0 N–H and O–H groups in total. The third kappa shape index (κ3) is 3.73. The zero-order valence-corrected chi connectivity index (χ0v) is 14.8. The highest BCUT2D eigenvalue weighted by molar-refractivity contribution is 5.77. The summed E-state index contributed by atoms with van der Waals surface area (Å²) in [6.07, 6.45) is 7.21. The van der Waals surface area contributed by atoms with Crippen molar-refractivity contribution in [3.63, 3.8) is 0 Å². The van der Waals surface area contributed by atoms with Gasteiger partial charge in [-0.15, -0.1) is 11.7 Å². The number of hydrogen-bond donors (Lipinski definition) is 0. The largest absolute Gasteiger partial charge is 0.339 e. The summed E-state index contributed by atoms with van der Waals surface area (Å²) in [5.41, 5.74) is -0.137. The average molecular weight is 346 g/mol. The van der Waals surface area contributed by atoms with Crippen LogP contribution in [0.4, 0.5) is 0 Å². The smallest absolute Gasteiger partial charge is 0.244 e. The number of piperazine rings is 1. The lowest BCUT2D eigenvalue weighted by atomic mass is 9.86. The highest BCUT2D eigenvalue weighted by Crippen LogP contribution is 2.32. The Morgan fingerprint density at radius 2 is 2.20 bits per heavy atom. The third-order valence-corrected chi connectivity index (χ3v) is 5.48. The van der Waals surface area contributed by atoms with Crippen LogP contribution in [0.3, 0.4) is 0 Å². The van der Waals surface area contributed by atoms with Crippen molar-refractivity contribution in [3.8, 4) is 0 Å². The van der Waals surface area contributed by atoms with E-state index in [2.05, 4.69) is 28.8 Å². The highest BCUT2D eigenvalue weighted by Gasteiger charge is 2.43. The first-order valence-electron chi connectivity index (χ1n) is 8.76. The third-order valence-electron chi connectivity index (χ3n) is 5.48. The first-order valence-corrected chi connectivity index (χ1v) is 8.76. The highest BCUT2D eigenvalue weighted by atomic mass is 16.2. The van der Waals surface area contributed by atoms with E-state index < -0.39 is 0 Å². The Morgan fingerprint density at radius 3 is 2.92 bits per heavy atom. The molecule has 2 aliphatic heterocycles. The van der Waals surface area contributed by atoms with Crippen LogP contribution in [0, 0.1) is 0 Å². The molecule has 2 saturated heterocycles. The fourth-order valence-corrected chi connectivity index (χ4v) is 3.81. The molecule has 0 bridgehead atoms. The maximum atomic E-state index is 12.6. The Hall–Kier alpha value is -2.22. The molecule has 1 aromatic rings. The van der Waals surface area contributed by atoms with Crippen LogP contribution in [0.25, 0.3) is 0 Å². The van der Waals surface area contributed by atoms with Crippen LogP contribution in [0.5, 0.6) is 0 Å². The van der Waals surface area contributed by atoms with Gasteiger partial charge >= 0.3 is 0 Å². The number of likely N-dealkylation sites (tertiary alicyclic amines) is 1. The molecule has 3 heterocycles. The van der Waals surface area contributed by atoms with Gasteiger partial charge in [0.25, 0.3) is 0 Å². The molecule has 2 amide bonds. The van der Waals surface area contributed by atoms with Crippen LogP contribution >= 0.6 is 0 Å². The molecular formula is C17H26N6O2. The van der Waals surface area contributed by atoms with E-state index in [9.17, 15) is 9.59 Å². The van der Waals surface area contributed by atoms with E-state index in [1.54, 1.807) is 23.2 Å².